The van der Waals surface area contributed by atoms with Crippen molar-refractivity contribution in [2.24, 2.45) is 0 Å². The number of methoxy groups -OCH3 is 1. The number of nitrogens with one attached hydrogen (secondary N) is 1. The van der Waals surface area contributed by atoms with Crippen molar-refractivity contribution < 1.29 is 27.6 Å². The molecule has 11 heteroatoms. The molecule has 0 radical (unpaired) electrons. The van der Waals surface area contributed by atoms with E-state index in [4.69, 9.17) is 9.26 Å². The van der Waals surface area contributed by atoms with Gasteiger partial charge in [-0.15, -0.1) is 0 Å². The van der Waals surface area contributed by atoms with Gasteiger partial charge < -0.3 is 19.5 Å². The summed E-state index contributed by atoms with van der Waals surface area (Å²) in [6.45, 7) is 2.27. The Bertz CT molecular complexity index is 1160. The minimum absolute atomic E-state index is 0.273. The number of carbonyl (C=O) groups is 2. The van der Waals surface area contributed by atoms with Crippen LogP contribution in [0.15, 0.2) is 47.0 Å². The van der Waals surface area contributed by atoms with Crippen molar-refractivity contribution in [3.05, 3.63) is 65.6 Å². The van der Waals surface area contributed by atoms with Crippen LogP contribution < -0.4 is 10.1 Å². The van der Waals surface area contributed by atoms with E-state index in [9.17, 15) is 18.4 Å². The van der Waals surface area contributed by atoms with E-state index in [2.05, 4.69) is 20.4 Å². The molecule has 0 atom stereocenters. The molecule has 2 amide bonds. The molecule has 0 saturated carbocycles. The zero-order valence-corrected chi connectivity index (χ0v) is 18.5. The first kappa shape index (κ1) is 23.3. The third kappa shape index (κ3) is 5.54. The molecule has 0 spiro atoms. The zero-order valence-electron chi connectivity index (χ0n) is 18.5. The van der Waals surface area contributed by atoms with Crippen LogP contribution in [0.5, 0.6) is 5.75 Å². The monoisotopic (exact) mass is 471 g/mol. The van der Waals surface area contributed by atoms with E-state index in [0.29, 0.717) is 50.5 Å². The SMILES string of the molecule is COc1ccc(-c2noc(CN3CCN(C(=O)CNC(=O)c4ccc(F)cc4F)CC3)n2)cc1. The van der Waals surface area contributed by atoms with Gasteiger partial charge >= 0.3 is 0 Å². The van der Waals surface area contributed by atoms with Crippen molar-refractivity contribution in [1.82, 2.24) is 25.3 Å². The van der Waals surface area contributed by atoms with Crippen molar-refractivity contribution in [2.45, 2.75) is 6.54 Å². The highest BCUT2D eigenvalue weighted by Crippen LogP contribution is 2.20. The van der Waals surface area contributed by atoms with Gasteiger partial charge in [-0.05, 0) is 36.4 Å². The van der Waals surface area contributed by atoms with Crippen LogP contribution in [0.25, 0.3) is 11.4 Å². The van der Waals surface area contributed by atoms with Gasteiger partial charge in [0, 0.05) is 37.8 Å². The highest BCUT2D eigenvalue weighted by Gasteiger charge is 2.23. The summed E-state index contributed by atoms with van der Waals surface area (Å²) in [5, 5.41) is 6.41. The van der Waals surface area contributed by atoms with Gasteiger partial charge in [-0.25, -0.2) is 8.78 Å². The molecule has 1 saturated heterocycles. The molecule has 1 fully saturated rings. The lowest BCUT2D eigenvalue weighted by atomic mass is 10.2. The first-order valence-corrected chi connectivity index (χ1v) is 10.6. The Morgan fingerprint density at radius 2 is 1.82 bits per heavy atom. The van der Waals surface area contributed by atoms with E-state index in [-0.39, 0.29) is 18.0 Å². The van der Waals surface area contributed by atoms with E-state index >= 15 is 0 Å². The van der Waals surface area contributed by atoms with Gasteiger partial charge in [-0.3, -0.25) is 14.5 Å². The third-order valence-electron chi connectivity index (χ3n) is 5.48. The standard InChI is InChI=1S/C23H23F2N5O4/c1-33-17-5-2-15(3-6-17)22-27-20(34-28-22)14-29-8-10-30(11-9-29)21(31)13-26-23(32)18-7-4-16(24)12-19(18)25/h2-7,12H,8-11,13-14H2,1H3,(H,26,32). The predicted octanol–water partition coefficient (Wildman–Crippen LogP) is 2.10. The lowest BCUT2D eigenvalue weighted by Gasteiger charge is -2.34. The van der Waals surface area contributed by atoms with Gasteiger partial charge in [0.05, 0.1) is 25.8 Å². The quantitative estimate of drug-likeness (QED) is 0.563. The Labute approximate surface area is 194 Å². The normalized spacial score (nSPS) is 14.1. The maximum absolute atomic E-state index is 13.7. The third-order valence-corrected chi connectivity index (χ3v) is 5.48. The molecule has 2 aromatic carbocycles. The summed E-state index contributed by atoms with van der Waals surface area (Å²) in [6, 6.07) is 9.99. The van der Waals surface area contributed by atoms with Gasteiger partial charge in [0.2, 0.25) is 17.6 Å². The van der Waals surface area contributed by atoms with Crippen LogP contribution in [0, 0.1) is 11.6 Å². The molecule has 34 heavy (non-hydrogen) atoms. The second-order valence-electron chi connectivity index (χ2n) is 7.70. The summed E-state index contributed by atoms with van der Waals surface area (Å²) in [4.78, 5) is 32.6. The Morgan fingerprint density at radius 1 is 1.09 bits per heavy atom. The van der Waals surface area contributed by atoms with Crippen LogP contribution in [0.1, 0.15) is 16.2 Å². The highest BCUT2D eigenvalue weighted by molar-refractivity contribution is 5.96. The summed E-state index contributed by atoms with van der Waals surface area (Å²) in [5.41, 5.74) is 0.501. The first-order chi connectivity index (χ1) is 16.4. The number of halogens is 2. The number of nitrogens with zero attached hydrogens (tertiary/aromatic N) is 4. The van der Waals surface area contributed by atoms with Crippen molar-refractivity contribution in [3.8, 4) is 17.1 Å². The number of rotatable bonds is 7. The Balaban J connectivity index is 1.23. The lowest BCUT2D eigenvalue weighted by molar-refractivity contribution is -0.131. The summed E-state index contributed by atoms with van der Waals surface area (Å²) >= 11 is 0. The number of ether oxygens (including phenoxy) is 1. The summed E-state index contributed by atoms with van der Waals surface area (Å²) in [6.07, 6.45) is 0. The Kier molecular flexibility index (Phi) is 7.12. The predicted molar refractivity (Wildman–Crippen MR) is 117 cm³/mol. The molecule has 0 aliphatic carbocycles. The molecule has 2 heterocycles. The molecule has 3 aromatic rings. The molecular formula is C23H23F2N5O4. The van der Waals surface area contributed by atoms with Gasteiger partial charge in [0.25, 0.3) is 5.91 Å². The smallest absolute Gasteiger partial charge is 0.254 e. The second kappa shape index (κ2) is 10.4. The maximum Gasteiger partial charge on any atom is 0.254 e. The molecule has 1 N–H and O–H groups in total. The average Bonchev–Trinajstić information content (AvgIpc) is 3.31. The molecule has 1 aromatic heterocycles. The number of piperazine rings is 1. The fourth-order valence-corrected chi connectivity index (χ4v) is 3.56. The van der Waals surface area contributed by atoms with Crippen LogP contribution in [0.3, 0.4) is 0 Å². The van der Waals surface area contributed by atoms with Gasteiger partial charge in [0.1, 0.15) is 17.4 Å². The van der Waals surface area contributed by atoms with Crippen molar-refractivity contribution in [3.63, 3.8) is 0 Å². The molecule has 0 bridgehead atoms. The maximum atomic E-state index is 13.7. The van der Waals surface area contributed by atoms with E-state index in [1.54, 1.807) is 12.0 Å². The summed E-state index contributed by atoms with van der Waals surface area (Å²) in [5.74, 6) is -1.11. The first-order valence-electron chi connectivity index (χ1n) is 10.6. The fraction of sp³-hybridized carbons (Fsp3) is 0.304. The Hall–Kier alpha value is -3.86. The van der Waals surface area contributed by atoms with Crippen LogP contribution >= 0.6 is 0 Å². The number of amides is 2. The van der Waals surface area contributed by atoms with Crippen LogP contribution in [0.2, 0.25) is 0 Å². The molecule has 178 valence electrons. The number of hydrogen-bond acceptors (Lipinski definition) is 7. The highest BCUT2D eigenvalue weighted by atomic mass is 19.1. The molecule has 4 rings (SSSR count). The average molecular weight is 471 g/mol. The van der Waals surface area contributed by atoms with Crippen molar-refractivity contribution in [2.75, 3.05) is 39.8 Å². The van der Waals surface area contributed by atoms with Gasteiger partial charge in [-0.2, -0.15) is 4.98 Å². The molecule has 1 aliphatic heterocycles. The van der Waals surface area contributed by atoms with Crippen molar-refractivity contribution >= 4 is 11.8 Å². The van der Waals surface area contributed by atoms with Crippen LogP contribution in [0.4, 0.5) is 8.78 Å². The van der Waals surface area contributed by atoms with Crippen LogP contribution in [-0.4, -0.2) is 71.6 Å². The van der Waals surface area contributed by atoms with E-state index < -0.39 is 17.5 Å². The zero-order chi connectivity index (χ0) is 24.1. The Morgan fingerprint density at radius 3 is 2.50 bits per heavy atom. The second-order valence-corrected chi connectivity index (χ2v) is 7.70. The minimum Gasteiger partial charge on any atom is -0.497 e. The number of aromatic nitrogens is 2. The van der Waals surface area contributed by atoms with E-state index in [0.717, 1.165) is 23.4 Å². The van der Waals surface area contributed by atoms with Gasteiger partial charge in [0.15, 0.2) is 0 Å². The van der Waals surface area contributed by atoms with Gasteiger partial charge in [-0.1, -0.05) is 5.16 Å². The van der Waals surface area contributed by atoms with Crippen LogP contribution in [-0.2, 0) is 11.3 Å². The molecule has 1 aliphatic rings. The number of benzene rings is 2. The topological polar surface area (TPSA) is 101 Å². The fourth-order valence-electron chi connectivity index (χ4n) is 3.56. The lowest BCUT2D eigenvalue weighted by Crippen LogP contribution is -2.50. The summed E-state index contributed by atoms with van der Waals surface area (Å²) in [7, 11) is 1.60. The van der Waals surface area contributed by atoms with Crippen molar-refractivity contribution in [1.29, 1.82) is 0 Å². The van der Waals surface area contributed by atoms with E-state index in [1.165, 1.54) is 0 Å². The van der Waals surface area contributed by atoms with E-state index in [1.807, 2.05) is 24.3 Å². The summed E-state index contributed by atoms with van der Waals surface area (Å²) < 4.78 is 37.2. The molecule has 0 unspecified atom stereocenters. The largest absolute Gasteiger partial charge is 0.497 e. The molecular weight excluding hydrogens is 448 g/mol. The molecule has 9 nitrogen and oxygen atoms in total. The minimum atomic E-state index is -0.977. The number of carbonyl (C=O) groups excluding carboxylic acids is 2. The number of hydrogen-bond donors (Lipinski definition) is 1.